The summed E-state index contributed by atoms with van der Waals surface area (Å²) in [5.41, 5.74) is 0. The molecule has 0 radical (unpaired) electrons. The van der Waals surface area contributed by atoms with Gasteiger partial charge in [0.05, 0.1) is 0 Å². The molecule has 1 aliphatic carbocycles. The molecule has 3 heteroatoms. The van der Waals surface area contributed by atoms with Crippen LogP contribution in [0.1, 0.15) is 52.9 Å². The molecule has 1 saturated carbocycles. The Morgan fingerprint density at radius 1 is 1.31 bits per heavy atom. The number of nitrogens with one attached hydrogen (secondary N) is 2. The number of carbonyl (C=O) groups excluding carboxylic acids is 1. The van der Waals surface area contributed by atoms with Crippen molar-refractivity contribution < 1.29 is 4.79 Å². The summed E-state index contributed by atoms with van der Waals surface area (Å²) in [7, 11) is 0. The lowest BCUT2D eigenvalue weighted by atomic mass is 9.81. The number of carbonyl (C=O) groups is 1. The highest BCUT2D eigenvalue weighted by Gasteiger charge is 2.19. The minimum absolute atomic E-state index is 0.151. The Balaban J connectivity index is 1.98. The maximum Gasteiger partial charge on any atom is 0.221 e. The van der Waals surface area contributed by atoms with Crippen molar-refractivity contribution in [1.82, 2.24) is 10.6 Å². The zero-order valence-corrected chi connectivity index (χ0v) is 10.9. The zero-order valence-electron chi connectivity index (χ0n) is 10.9. The van der Waals surface area contributed by atoms with Gasteiger partial charge in [-0.15, -0.1) is 0 Å². The van der Waals surface area contributed by atoms with Gasteiger partial charge in [0.2, 0.25) is 5.91 Å². The van der Waals surface area contributed by atoms with E-state index in [4.69, 9.17) is 0 Å². The van der Waals surface area contributed by atoms with Crippen LogP contribution in [0.2, 0.25) is 0 Å². The molecule has 16 heavy (non-hydrogen) atoms. The Morgan fingerprint density at radius 3 is 2.50 bits per heavy atom. The second-order valence-electron chi connectivity index (χ2n) is 5.36. The molecule has 1 unspecified atom stereocenters. The van der Waals surface area contributed by atoms with E-state index in [9.17, 15) is 4.79 Å². The van der Waals surface area contributed by atoms with Gasteiger partial charge >= 0.3 is 0 Å². The number of hydrogen-bond donors (Lipinski definition) is 2. The van der Waals surface area contributed by atoms with Gasteiger partial charge in [-0.05, 0) is 33.1 Å². The van der Waals surface area contributed by atoms with Gasteiger partial charge in [-0.1, -0.05) is 19.3 Å². The van der Waals surface area contributed by atoms with Crippen molar-refractivity contribution in [3.8, 4) is 0 Å². The molecule has 1 aliphatic rings. The molecule has 1 atom stereocenters. The van der Waals surface area contributed by atoms with Gasteiger partial charge < -0.3 is 10.6 Å². The SMILES string of the molecule is CC(C)NC(=O)CCNC(C)CC1CCC1. The molecule has 0 aromatic rings. The van der Waals surface area contributed by atoms with Crippen LogP contribution in [-0.4, -0.2) is 24.5 Å². The Kier molecular flexibility index (Phi) is 5.81. The molecule has 3 nitrogen and oxygen atoms in total. The summed E-state index contributed by atoms with van der Waals surface area (Å²) in [6.07, 6.45) is 6.08. The maximum atomic E-state index is 11.4. The standard InChI is InChI=1S/C13H26N2O/c1-10(2)15-13(16)7-8-14-11(3)9-12-5-4-6-12/h10-12,14H,4-9H2,1-3H3,(H,15,16). The molecule has 0 bridgehead atoms. The first kappa shape index (κ1) is 13.5. The largest absolute Gasteiger partial charge is 0.354 e. The third-order valence-corrected chi connectivity index (χ3v) is 3.21. The second-order valence-corrected chi connectivity index (χ2v) is 5.36. The molecule has 0 saturated heterocycles. The fourth-order valence-corrected chi connectivity index (χ4v) is 2.14. The van der Waals surface area contributed by atoms with Crippen molar-refractivity contribution in [2.45, 2.75) is 65.0 Å². The van der Waals surface area contributed by atoms with E-state index in [1.165, 1.54) is 25.7 Å². The lowest BCUT2D eigenvalue weighted by molar-refractivity contribution is -0.121. The molecule has 2 N–H and O–H groups in total. The summed E-state index contributed by atoms with van der Waals surface area (Å²) >= 11 is 0. The van der Waals surface area contributed by atoms with Crippen molar-refractivity contribution in [3.05, 3.63) is 0 Å². The molecule has 1 fully saturated rings. The van der Waals surface area contributed by atoms with E-state index in [0.29, 0.717) is 12.5 Å². The fraction of sp³-hybridized carbons (Fsp3) is 0.923. The van der Waals surface area contributed by atoms with Crippen molar-refractivity contribution in [2.24, 2.45) is 5.92 Å². The molecule has 0 spiro atoms. The quantitative estimate of drug-likeness (QED) is 0.698. The molecule has 94 valence electrons. The van der Waals surface area contributed by atoms with Crippen molar-refractivity contribution in [1.29, 1.82) is 0 Å². The molecule has 1 rings (SSSR count). The number of hydrogen-bond acceptors (Lipinski definition) is 2. The van der Waals surface area contributed by atoms with Gasteiger partial charge in [0.25, 0.3) is 0 Å². The summed E-state index contributed by atoms with van der Waals surface area (Å²) < 4.78 is 0. The van der Waals surface area contributed by atoms with E-state index < -0.39 is 0 Å². The van der Waals surface area contributed by atoms with Gasteiger partial charge in [-0.3, -0.25) is 4.79 Å². The molecule has 0 heterocycles. The molecule has 0 aliphatic heterocycles. The van der Waals surface area contributed by atoms with Crippen LogP contribution in [-0.2, 0) is 4.79 Å². The lowest BCUT2D eigenvalue weighted by Crippen LogP contribution is -2.35. The van der Waals surface area contributed by atoms with E-state index in [-0.39, 0.29) is 11.9 Å². The van der Waals surface area contributed by atoms with Gasteiger partial charge in [-0.25, -0.2) is 0 Å². The third kappa shape index (κ3) is 5.50. The summed E-state index contributed by atoms with van der Waals surface area (Å²) in [4.78, 5) is 11.4. The Morgan fingerprint density at radius 2 is 2.00 bits per heavy atom. The predicted molar refractivity (Wildman–Crippen MR) is 67.3 cm³/mol. The Bertz CT molecular complexity index is 212. The second kappa shape index (κ2) is 6.89. The van der Waals surface area contributed by atoms with Crippen molar-refractivity contribution >= 4 is 5.91 Å². The van der Waals surface area contributed by atoms with Crippen LogP contribution in [0, 0.1) is 5.92 Å². The van der Waals surface area contributed by atoms with Crippen LogP contribution in [0.5, 0.6) is 0 Å². The summed E-state index contributed by atoms with van der Waals surface area (Å²) in [5.74, 6) is 1.09. The molecular formula is C13H26N2O. The van der Waals surface area contributed by atoms with E-state index in [1.807, 2.05) is 13.8 Å². The predicted octanol–water partition coefficient (Wildman–Crippen LogP) is 2.07. The lowest BCUT2D eigenvalue weighted by Gasteiger charge is -2.28. The van der Waals surface area contributed by atoms with E-state index in [0.717, 1.165) is 12.5 Å². The summed E-state index contributed by atoms with van der Waals surface area (Å²) in [6.45, 7) is 7.00. The molecule has 0 aromatic heterocycles. The summed E-state index contributed by atoms with van der Waals surface area (Å²) in [5, 5.41) is 6.33. The van der Waals surface area contributed by atoms with E-state index >= 15 is 0 Å². The maximum absolute atomic E-state index is 11.4. The van der Waals surface area contributed by atoms with Crippen LogP contribution < -0.4 is 10.6 Å². The van der Waals surface area contributed by atoms with Crippen LogP contribution in [0.4, 0.5) is 0 Å². The first-order valence-corrected chi connectivity index (χ1v) is 6.60. The molecule has 0 aromatic carbocycles. The highest BCUT2D eigenvalue weighted by Crippen LogP contribution is 2.30. The van der Waals surface area contributed by atoms with Crippen LogP contribution in [0.25, 0.3) is 0 Å². The first-order chi connectivity index (χ1) is 7.58. The smallest absolute Gasteiger partial charge is 0.221 e. The van der Waals surface area contributed by atoms with Crippen LogP contribution in [0.15, 0.2) is 0 Å². The van der Waals surface area contributed by atoms with Gasteiger partial charge in [0.15, 0.2) is 0 Å². The number of rotatable bonds is 7. The first-order valence-electron chi connectivity index (χ1n) is 6.60. The average Bonchev–Trinajstić information content (AvgIpc) is 2.10. The van der Waals surface area contributed by atoms with E-state index in [1.54, 1.807) is 0 Å². The third-order valence-electron chi connectivity index (χ3n) is 3.21. The zero-order chi connectivity index (χ0) is 12.0. The normalized spacial score (nSPS) is 18.2. The highest BCUT2D eigenvalue weighted by molar-refractivity contribution is 5.76. The topological polar surface area (TPSA) is 41.1 Å². The Hall–Kier alpha value is -0.570. The van der Waals surface area contributed by atoms with Crippen molar-refractivity contribution in [2.75, 3.05) is 6.54 Å². The minimum Gasteiger partial charge on any atom is -0.354 e. The molecule has 1 amide bonds. The van der Waals surface area contributed by atoms with Gasteiger partial charge in [0.1, 0.15) is 0 Å². The fourth-order valence-electron chi connectivity index (χ4n) is 2.14. The van der Waals surface area contributed by atoms with Crippen molar-refractivity contribution in [3.63, 3.8) is 0 Å². The van der Waals surface area contributed by atoms with E-state index in [2.05, 4.69) is 17.6 Å². The summed E-state index contributed by atoms with van der Waals surface area (Å²) in [6, 6.07) is 0.803. The monoisotopic (exact) mass is 226 g/mol. The minimum atomic E-state index is 0.151. The highest BCUT2D eigenvalue weighted by atomic mass is 16.1. The molecular weight excluding hydrogens is 200 g/mol. The average molecular weight is 226 g/mol. The van der Waals surface area contributed by atoms with Crippen LogP contribution in [0.3, 0.4) is 0 Å². The van der Waals surface area contributed by atoms with Gasteiger partial charge in [-0.2, -0.15) is 0 Å². The van der Waals surface area contributed by atoms with Gasteiger partial charge in [0, 0.05) is 25.0 Å². The van der Waals surface area contributed by atoms with Crippen LogP contribution >= 0.6 is 0 Å². The number of amides is 1. The Labute approximate surface area is 99.4 Å².